The monoisotopic (exact) mass is 594 g/mol. The van der Waals surface area contributed by atoms with Crippen LogP contribution in [0.5, 0.6) is 23.0 Å². The molecule has 10 atom stereocenters. The second kappa shape index (κ2) is 11.6. The third-order valence-corrected chi connectivity index (χ3v) is 7.18. The van der Waals surface area contributed by atoms with E-state index in [4.69, 9.17) is 23.4 Å². The van der Waals surface area contributed by atoms with E-state index in [-0.39, 0.29) is 28.0 Å². The van der Waals surface area contributed by atoms with Crippen LogP contribution in [0.3, 0.4) is 0 Å². The van der Waals surface area contributed by atoms with Crippen LogP contribution in [0.15, 0.2) is 45.6 Å². The van der Waals surface area contributed by atoms with E-state index in [1.165, 1.54) is 31.2 Å². The Kier molecular flexibility index (Phi) is 8.30. The molecule has 0 aliphatic carbocycles. The third kappa shape index (κ3) is 5.49. The first-order chi connectivity index (χ1) is 19.9. The quantitative estimate of drug-likeness (QED) is 0.159. The van der Waals surface area contributed by atoms with E-state index < -0.39 is 90.7 Å². The first-order valence-electron chi connectivity index (χ1n) is 12.9. The van der Waals surface area contributed by atoms with Crippen LogP contribution in [0.2, 0.25) is 0 Å². The van der Waals surface area contributed by atoms with Crippen LogP contribution in [-0.2, 0) is 14.2 Å². The molecule has 5 rings (SSSR count). The van der Waals surface area contributed by atoms with Crippen molar-refractivity contribution in [1.82, 2.24) is 0 Å². The maximum absolute atomic E-state index is 13.5. The maximum Gasteiger partial charge on any atom is 0.239 e. The molecular weight excluding hydrogens is 564 g/mol. The first-order valence-corrected chi connectivity index (χ1v) is 12.9. The zero-order valence-electron chi connectivity index (χ0n) is 21.9. The molecule has 0 amide bonds. The van der Waals surface area contributed by atoms with E-state index in [9.17, 15) is 50.8 Å². The van der Waals surface area contributed by atoms with E-state index in [2.05, 4.69) is 0 Å². The SMILES string of the molecule is C[C@H]1O[C@@H](OC[C@H]2O[C@@H](Oc3c(-c4ccc(O)cc4)oc4cc(O)cc(O)c4c3=O)[C@@H](O)[C@H](O)[C@@H]2O)[C@@H](O)[C@H](O)[C@H]1O. The van der Waals surface area contributed by atoms with Gasteiger partial charge < -0.3 is 69.3 Å². The van der Waals surface area contributed by atoms with Gasteiger partial charge in [-0.25, -0.2) is 0 Å². The van der Waals surface area contributed by atoms with Gasteiger partial charge in [-0.15, -0.1) is 0 Å². The molecule has 3 aromatic rings. The highest BCUT2D eigenvalue weighted by atomic mass is 16.7. The van der Waals surface area contributed by atoms with Gasteiger partial charge in [0.05, 0.1) is 12.7 Å². The van der Waals surface area contributed by atoms with Gasteiger partial charge in [0.2, 0.25) is 17.5 Å². The molecule has 15 heteroatoms. The zero-order valence-corrected chi connectivity index (χ0v) is 21.9. The molecule has 0 bridgehead atoms. The minimum atomic E-state index is -1.92. The summed E-state index contributed by atoms with van der Waals surface area (Å²) in [5.41, 5.74) is -0.956. The minimum absolute atomic E-state index is 0.103. The number of ether oxygens (including phenoxy) is 4. The smallest absolute Gasteiger partial charge is 0.239 e. The molecule has 9 N–H and O–H groups in total. The average molecular weight is 595 g/mol. The Labute approximate surface area is 236 Å². The Morgan fingerprint density at radius 1 is 0.762 bits per heavy atom. The fraction of sp³-hybridized carbons (Fsp3) is 0.444. The summed E-state index contributed by atoms with van der Waals surface area (Å²) in [6.07, 6.45) is -15.8. The van der Waals surface area contributed by atoms with Gasteiger partial charge in [-0.1, -0.05) is 0 Å². The molecule has 2 aromatic carbocycles. The van der Waals surface area contributed by atoms with Gasteiger partial charge in [0.25, 0.3) is 0 Å². The summed E-state index contributed by atoms with van der Waals surface area (Å²) in [5, 5.41) is 91.4. The lowest BCUT2D eigenvalue weighted by atomic mass is 9.98. The summed E-state index contributed by atoms with van der Waals surface area (Å²) in [6, 6.07) is 7.33. The molecule has 1 aromatic heterocycles. The van der Waals surface area contributed by atoms with E-state index in [0.29, 0.717) is 0 Å². The predicted molar refractivity (Wildman–Crippen MR) is 139 cm³/mol. The van der Waals surface area contributed by atoms with Crippen molar-refractivity contribution in [2.24, 2.45) is 0 Å². The van der Waals surface area contributed by atoms with Crippen molar-refractivity contribution in [3.05, 3.63) is 46.6 Å². The fourth-order valence-corrected chi connectivity index (χ4v) is 4.79. The van der Waals surface area contributed by atoms with Gasteiger partial charge in [0, 0.05) is 17.7 Å². The summed E-state index contributed by atoms with van der Waals surface area (Å²) in [4.78, 5) is 13.5. The van der Waals surface area contributed by atoms with Gasteiger partial charge in [-0.2, -0.15) is 0 Å². The van der Waals surface area contributed by atoms with Crippen LogP contribution in [-0.4, -0.2) is 114 Å². The number of rotatable bonds is 6. The number of aliphatic hydroxyl groups excluding tert-OH is 6. The number of aliphatic hydroxyl groups is 6. The van der Waals surface area contributed by atoms with Crippen LogP contribution in [0.25, 0.3) is 22.3 Å². The van der Waals surface area contributed by atoms with Crippen LogP contribution in [0, 0.1) is 0 Å². The Morgan fingerprint density at radius 2 is 1.40 bits per heavy atom. The van der Waals surface area contributed by atoms with Crippen molar-refractivity contribution in [2.45, 2.75) is 68.3 Å². The number of fused-ring (bicyclic) bond motifs is 1. The lowest BCUT2D eigenvalue weighted by Crippen LogP contribution is -2.61. The molecule has 0 radical (unpaired) electrons. The third-order valence-electron chi connectivity index (χ3n) is 7.18. The number of hydrogen-bond donors (Lipinski definition) is 9. The van der Waals surface area contributed by atoms with E-state index in [1.807, 2.05) is 0 Å². The highest BCUT2D eigenvalue weighted by molar-refractivity contribution is 5.88. The highest BCUT2D eigenvalue weighted by Crippen LogP contribution is 2.37. The fourth-order valence-electron chi connectivity index (χ4n) is 4.79. The van der Waals surface area contributed by atoms with Crippen LogP contribution in [0.1, 0.15) is 6.92 Å². The topological polar surface area (TPSA) is 249 Å². The van der Waals surface area contributed by atoms with E-state index >= 15 is 0 Å². The Hall–Kier alpha value is -3.51. The van der Waals surface area contributed by atoms with Crippen LogP contribution in [0.4, 0.5) is 0 Å². The van der Waals surface area contributed by atoms with Gasteiger partial charge in [0.1, 0.15) is 70.9 Å². The van der Waals surface area contributed by atoms with E-state index in [1.54, 1.807) is 0 Å². The molecule has 2 aliphatic rings. The van der Waals surface area contributed by atoms with Crippen molar-refractivity contribution in [3.8, 4) is 34.3 Å². The van der Waals surface area contributed by atoms with Gasteiger partial charge >= 0.3 is 0 Å². The van der Waals surface area contributed by atoms with Crippen molar-refractivity contribution in [3.63, 3.8) is 0 Å². The molecule has 0 saturated carbocycles. The number of benzene rings is 2. The molecule has 2 saturated heterocycles. The second-order valence-corrected chi connectivity index (χ2v) is 10.1. The molecule has 2 aliphatic heterocycles. The first kappa shape index (κ1) is 30.0. The summed E-state index contributed by atoms with van der Waals surface area (Å²) in [5.74, 6) is -1.97. The Morgan fingerprint density at radius 3 is 2.10 bits per heavy atom. The van der Waals surface area contributed by atoms with Gasteiger partial charge in [-0.05, 0) is 31.2 Å². The number of hydrogen-bond acceptors (Lipinski definition) is 15. The van der Waals surface area contributed by atoms with Crippen molar-refractivity contribution < 1.29 is 69.3 Å². The standard InChI is InChI=1S/C27H30O15/c1-9-17(31)20(34)22(36)26(39-9)38-8-15-18(32)21(35)23(37)27(41-15)42-25-19(33)16-13(30)6-12(29)7-14(16)40-24(25)10-2-4-11(28)5-3-10/h2-7,9,15,17-18,20-23,26-32,34-37H,8H2,1H3/t9-,15-,17+,18-,20-,21-,22+,23+,26-,27+/m1/s1. The van der Waals surface area contributed by atoms with Crippen LogP contribution < -0.4 is 10.2 Å². The lowest BCUT2D eigenvalue weighted by molar-refractivity contribution is -0.318. The zero-order chi connectivity index (χ0) is 30.5. The van der Waals surface area contributed by atoms with Crippen molar-refractivity contribution in [2.75, 3.05) is 6.61 Å². The molecule has 0 unspecified atom stereocenters. The molecule has 3 heterocycles. The molecule has 2 fully saturated rings. The van der Waals surface area contributed by atoms with Crippen molar-refractivity contribution >= 4 is 11.0 Å². The molecule has 42 heavy (non-hydrogen) atoms. The molecule has 228 valence electrons. The Balaban J connectivity index is 1.46. The number of phenolic OH excluding ortho intramolecular Hbond substituents is 3. The summed E-state index contributed by atoms with van der Waals surface area (Å²) in [7, 11) is 0. The summed E-state index contributed by atoms with van der Waals surface area (Å²) in [6.45, 7) is 0.866. The van der Waals surface area contributed by atoms with E-state index in [0.717, 1.165) is 12.1 Å². The largest absolute Gasteiger partial charge is 0.508 e. The Bertz CT molecular complexity index is 1470. The normalized spacial score (nSPS) is 33.5. The minimum Gasteiger partial charge on any atom is -0.508 e. The lowest BCUT2D eigenvalue weighted by Gasteiger charge is -2.42. The summed E-state index contributed by atoms with van der Waals surface area (Å²) >= 11 is 0. The van der Waals surface area contributed by atoms with Gasteiger partial charge in [-0.3, -0.25) is 4.79 Å². The molecule has 0 spiro atoms. The maximum atomic E-state index is 13.5. The van der Waals surface area contributed by atoms with Crippen molar-refractivity contribution in [1.29, 1.82) is 0 Å². The molecule has 15 nitrogen and oxygen atoms in total. The molecular formula is C27H30O15. The summed E-state index contributed by atoms with van der Waals surface area (Å²) < 4.78 is 28.0. The predicted octanol–water partition coefficient (Wildman–Crippen LogP) is -1.39. The number of phenols is 3. The second-order valence-electron chi connectivity index (χ2n) is 10.1. The highest BCUT2D eigenvalue weighted by Gasteiger charge is 2.47. The number of aromatic hydroxyl groups is 3. The van der Waals surface area contributed by atoms with Crippen LogP contribution >= 0.6 is 0 Å². The van der Waals surface area contributed by atoms with Gasteiger partial charge in [0.15, 0.2) is 12.1 Å². The average Bonchev–Trinajstić information content (AvgIpc) is 2.95.